The highest BCUT2D eigenvalue weighted by atomic mass is 28.4. The minimum absolute atomic E-state index is 0.474. The fraction of sp³-hybridized carbons (Fsp3) is 0.588. The van der Waals surface area contributed by atoms with Gasteiger partial charge in [0, 0.05) is 6.42 Å². The van der Waals surface area contributed by atoms with Gasteiger partial charge in [0.1, 0.15) is 12.0 Å². The van der Waals surface area contributed by atoms with E-state index in [1.807, 2.05) is 24.3 Å². The van der Waals surface area contributed by atoms with Crippen LogP contribution in [0, 0.1) is 0 Å². The summed E-state index contributed by atoms with van der Waals surface area (Å²) in [6, 6.07) is 8.00. The quantitative estimate of drug-likeness (QED) is 0.523. The lowest BCUT2D eigenvalue weighted by molar-refractivity contribution is -0.107. The first kappa shape index (κ1) is 17.0. The van der Waals surface area contributed by atoms with Crippen LogP contribution >= 0.6 is 0 Å². The Morgan fingerprint density at radius 2 is 1.40 bits per heavy atom. The number of benzene rings is 1. The van der Waals surface area contributed by atoms with Crippen LogP contribution < -0.4 is 4.43 Å². The van der Waals surface area contributed by atoms with Crippen molar-refractivity contribution in [3.05, 3.63) is 29.8 Å². The molecule has 0 N–H and O–H groups in total. The molecule has 0 aliphatic rings. The van der Waals surface area contributed by atoms with Crippen molar-refractivity contribution in [1.29, 1.82) is 0 Å². The molecule has 0 saturated carbocycles. The summed E-state index contributed by atoms with van der Waals surface area (Å²) in [5.41, 5.74) is 2.74. The number of rotatable bonds is 7. The summed E-state index contributed by atoms with van der Waals surface area (Å²) in [5.74, 6) is 0.947. The molecule has 0 spiro atoms. The van der Waals surface area contributed by atoms with Crippen LogP contribution in [-0.2, 0) is 11.2 Å². The molecule has 1 aromatic rings. The Morgan fingerprint density at radius 3 is 1.75 bits per heavy atom. The molecule has 0 aliphatic carbocycles. The van der Waals surface area contributed by atoms with Gasteiger partial charge in [0.05, 0.1) is 0 Å². The van der Waals surface area contributed by atoms with Gasteiger partial charge >= 0.3 is 0 Å². The van der Waals surface area contributed by atoms with E-state index in [-0.39, 0.29) is 0 Å². The molecule has 0 saturated heterocycles. The second-order valence-electron chi connectivity index (χ2n) is 6.43. The van der Waals surface area contributed by atoms with Gasteiger partial charge in [-0.25, -0.2) is 0 Å². The van der Waals surface area contributed by atoms with E-state index in [9.17, 15) is 4.79 Å². The van der Waals surface area contributed by atoms with E-state index in [1.165, 1.54) is 0 Å². The topological polar surface area (TPSA) is 26.3 Å². The van der Waals surface area contributed by atoms with Crippen molar-refractivity contribution < 1.29 is 9.22 Å². The number of aldehydes is 1. The van der Waals surface area contributed by atoms with Crippen molar-refractivity contribution in [2.75, 3.05) is 0 Å². The summed E-state index contributed by atoms with van der Waals surface area (Å²) < 4.78 is 6.57. The molecule has 1 rings (SSSR count). The van der Waals surface area contributed by atoms with E-state index >= 15 is 0 Å². The molecule has 2 nitrogen and oxygen atoms in total. The van der Waals surface area contributed by atoms with Crippen LogP contribution in [-0.4, -0.2) is 14.6 Å². The van der Waals surface area contributed by atoms with Gasteiger partial charge in [-0.1, -0.05) is 53.7 Å². The van der Waals surface area contributed by atoms with E-state index in [4.69, 9.17) is 4.43 Å². The third-order valence-corrected chi connectivity index (χ3v) is 10.2. The average molecular weight is 292 g/mol. The summed E-state index contributed by atoms with van der Waals surface area (Å²) in [7, 11) is -1.87. The third-order valence-electron chi connectivity index (χ3n) is 4.24. The van der Waals surface area contributed by atoms with E-state index in [0.29, 0.717) is 23.0 Å². The molecule has 0 atom stereocenters. The molecular weight excluding hydrogens is 264 g/mol. The van der Waals surface area contributed by atoms with Crippen LogP contribution in [0.15, 0.2) is 24.3 Å². The SMILES string of the molecule is CC(C)[Si](Oc1ccc(CC=O)cc1)(C(C)C)C(C)C. The summed E-state index contributed by atoms with van der Waals surface area (Å²) in [6.45, 7) is 13.7. The van der Waals surface area contributed by atoms with Crippen LogP contribution in [0.3, 0.4) is 0 Å². The zero-order valence-corrected chi connectivity index (χ0v) is 14.6. The fourth-order valence-electron chi connectivity index (χ4n) is 3.35. The van der Waals surface area contributed by atoms with Gasteiger partial charge < -0.3 is 9.22 Å². The number of carbonyl (C=O) groups is 1. The first-order chi connectivity index (χ1) is 9.34. The largest absolute Gasteiger partial charge is 0.543 e. The van der Waals surface area contributed by atoms with Crippen molar-refractivity contribution in [1.82, 2.24) is 0 Å². The minimum Gasteiger partial charge on any atom is -0.543 e. The van der Waals surface area contributed by atoms with Crippen molar-refractivity contribution in [2.24, 2.45) is 0 Å². The Balaban J connectivity index is 3.03. The van der Waals surface area contributed by atoms with E-state index in [0.717, 1.165) is 17.6 Å². The van der Waals surface area contributed by atoms with Crippen molar-refractivity contribution in [2.45, 2.75) is 64.6 Å². The molecule has 0 aliphatic heterocycles. The summed E-state index contributed by atoms with van der Waals surface area (Å²) >= 11 is 0. The van der Waals surface area contributed by atoms with Crippen molar-refractivity contribution in [3.63, 3.8) is 0 Å². The monoisotopic (exact) mass is 292 g/mol. The Labute approximate surface area is 124 Å². The number of carbonyl (C=O) groups excluding carboxylic acids is 1. The van der Waals surface area contributed by atoms with Gasteiger partial charge in [-0.3, -0.25) is 0 Å². The van der Waals surface area contributed by atoms with Crippen LogP contribution in [0.2, 0.25) is 16.6 Å². The lowest BCUT2D eigenvalue weighted by atomic mass is 10.2. The zero-order chi connectivity index (χ0) is 15.3. The van der Waals surface area contributed by atoms with Crippen LogP contribution in [0.1, 0.15) is 47.1 Å². The first-order valence-electron chi connectivity index (χ1n) is 7.56. The van der Waals surface area contributed by atoms with Gasteiger partial charge in [0.2, 0.25) is 0 Å². The molecule has 3 heteroatoms. The summed E-state index contributed by atoms with van der Waals surface area (Å²) in [5, 5.41) is 0. The summed E-state index contributed by atoms with van der Waals surface area (Å²) in [4.78, 5) is 10.5. The fourth-order valence-corrected chi connectivity index (χ4v) is 8.60. The van der Waals surface area contributed by atoms with Crippen LogP contribution in [0.5, 0.6) is 5.75 Å². The minimum atomic E-state index is -1.87. The molecular formula is C17H28O2Si. The molecule has 1 aromatic carbocycles. The second kappa shape index (κ2) is 7.07. The number of hydrogen-bond donors (Lipinski definition) is 0. The van der Waals surface area contributed by atoms with Crippen molar-refractivity contribution in [3.8, 4) is 5.75 Å². The number of hydrogen-bond acceptors (Lipinski definition) is 2. The molecule has 0 aromatic heterocycles. The second-order valence-corrected chi connectivity index (χ2v) is 11.8. The third kappa shape index (κ3) is 3.51. The van der Waals surface area contributed by atoms with Gasteiger partial charge in [-0.15, -0.1) is 0 Å². The van der Waals surface area contributed by atoms with Crippen molar-refractivity contribution >= 4 is 14.6 Å². The Morgan fingerprint density at radius 1 is 0.950 bits per heavy atom. The average Bonchev–Trinajstić information content (AvgIpc) is 2.36. The first-order valence-corrected chi connectivity index (χ1v) is 9.70. The van der Waals surface area contributed by atoms with Crippen LogP contribution in [0.25, 0.3) is 0 Å². The lowest BCUT2D eigenvalue weighted by Gasteiger charge is -2.42. The predicted octanol–water partition coefficient (Wildman–Crippen LogP) is 4.98. The molecule has 0 heterocycles. The lowest BCUT2D eigenvalue weighted by Crippen LogP contribution is -2.50. The molecule has 112 valence electrons. The van der Waals surface area contributed by atoms with Gasteiger partial charge in [0.15, 0.2) is 0 Å². The Hall–Kier alpha value is -1.09. The van der Waals surface area contributed by atoms with E-state index in [1.54, 1.807) is 0 Å². The van der Waals surface area contributed by atoms with Gasteiger partial charge in [-0.05, 0) is 34.3 Å². The van der Waals surface area contributed by atoms with Gasteiger partial charge in [0.25, 0.3) is 8.32 Å². The molecule has 0 radical (unpaired) electrons. The maximum Gasteiger partial charge on any atom is 0.258 e. The molecule has 0 bridgehead atoms. The maximum absolute atomic E-state index is 10.5. The summed E-state index contributed by atoms with van der Waals surface area (Å²) in [6.07, 6.45) is 1.41. The highest BCUT2D eigenvalue weighted by molar-refractivity contribution is 6.78. The molecule has 0 amide bonds. The normalized spacial score (nSPS) is 12.2. The predicted molar refractivity (Wildman–Crippen MR) is 87.9 cm³/mol. The van der Waals surface area contributed by atoms with Gasteiger partial charge in [-0.2, -0.15) is 0 Å². The Kier molecular flexibility index (Phi) is 6.00. The highest BCUT2D eigenvalue weighted by Gasteiger charge is 2.46. The highest BCUT2D eigenvalue weighted by Crippen LogP contribution is 2.42. The molecule has 20 heavy (non-hydrogen) atoms. The van der Waals surface area contributed by atoms with Crippen LogP contribution in [0.4, 0.5) is 0 Å². The maximum atomic E-state index is 10.5. The van der Waals surface area contributed by atoms with E-state index in [2.05, 4.69) is 41.5 Å². The molecule has 0 unspecified atom stereocenters. The molecule has 0 fully saturated rings. The Bertz CT molecular complexity index is 399. The standard InChI is InChI=1S/C17H28O2Si/c1-13(2)20(14(3)4,15(5)6)19-17-9-7-16(8-10-17)11-12-18/h7-10,12-15H,11H2,1-6H3. The smallest absolute Gasteiger partial charge is 0.258 e. The zero-order valence-electron chi connectivity index (χ0n) is 13.6. The van der Waals surface area contributed by atoms with E-state index < -0.39 is 8.32 Å².